The summed E-state index contributed by atoms with van der Waals surface area (Å²) in [4.78, 5) is 12.7. The molecule has 1 rings (SSSR count). The van der Waals surface area contributed by atoms with Crippen LogP contribution < -0.4 is 0 Å². The average Bonchev–Trinajstić information content (AvgIpc) is 2.27. The van der Waals surface area contributed by atoms with Gasteiger partial charge in [-0.15, -0.1) is 0 Å². The lowest BCUT2D eigenvalue weighted by Crippen LogP contribution is -2.22. The zero-order valence-corrected chi connectivity index (χ0v) is 10.5. The van der Waals surface area contributed by atoms with E-state index in [2.05, 4.69) is 0 Å². The Morgan fingerprint density at radius 2 is 1.94 bits per heavy atom. The zero-order valence-electron chi connectivity index (χ0n) is 10.5. The molecule has 0 saturated carbocycles. The molecule has 0 aliphatic rings. The van der Waals surface area contributed by atoms with Gasteiger partial charge in [-0.25, -0.2) is 0 Å². The lowest BCUT2D eigenvalue weighted by atomic mass is 10.0. The van der Waals surface area contributed by atoms with Crippen LogP contribution in [0.2, 0.25) is 0 Å². The van der Waals surface area contributed by atoms with Gasteiger partial charge in [-0.3, -0.25) is 4.79 Å². The number of carboxylic acid groups (broad SMARTS) is 1. The van der Waals surface area contributed by atoms with E-state index in [9.17, 15) is 4.79 Å². The van der Waals surface area contributed by atoms with Gasteiger partial charge in [-0.05, 0) is 25.2 Å². The van der Waals surface area contributed by atoms with Crippen molar-refractivity contribution in [2.75, 3.05) is 21.2 Å². The molecule has 0 aliphatic carbocycles. The van der Waals surface area contributed by atoms with Crippen molar-refractivity contribution in [2.45, 2.75) is 19.1 Å². The first kappa shape index (κ1) is 13.7. The summed E-state index contributed by atoms with van der Waals surface area (Å²) >= 11 is 0. The molecule has 0 amide bonds. The van der Waals surface area contributed by atoms with Gasteiger partial charge in [-0.1, -0.05) is 24.3 Å². The highest BCUT2D eigenvalue weighted by molar-refractivity contribution is 5.67. The van der Waals surface area contributed by atoms with E-state index in [1.165, 1.54) is 0 Å². The largest absolute Gasteiger partial charge is 0.481 e. The zero-order chi connectivity index (χ0) is 12.8. The van der Waals surface area contributed by atoms with Gasteiger partial charge in [0.2, 0.25) is 0 Å². The van der Waals surface area contributed by atoms with Crippen molar-refractivity contribution < 1.29 is 14.6 Å². The highest BCUT2D eigenvalue weighted by Crippen LogP contribution is 2.22. The Bertz CT molecular complexity index is 359. The molecule has 1 unspecified atom stereocenters. The van der Waals surface area contributed by atoms with E-state index >= 15 is 0 Å². The minimum atomic E-state index is -0.787. The van der Waals surface area contributed by atoms with Crippen LogP contribution in [0.5, 0.6) is 0 Å². The first-order valence-corrected chi connectivity index (χ1v) is 5.50. The lowest BCUT2D eigenvalue weighted by molar-refractivity contribution is -0.138. The molecular weight excluding hydrogens is 218 g/mol. The maximum absolute atomic E-state index is 10.8. The molecule has 0 aliphatic heterocycles. The van der Waals surface area contributed by atoms with E-state index in [0.717, 1.165) is 11.1 Å². The Morgan fingerprint density at radius 1 is 1.35 bits per heavy atom. The quantitative estimate of drug-likeness (QED) is 0.821. The van der Waals surface area contributed by atoms with Crippen molar-refractivity contribution in [1.82, 2.24) is 4.90 Å². The van der Waals surface area contributed by atoms with Crippen molar-refractivity contribution >= 4 is 5.97 Å². The first-order valence-electron chi connectivity index (χ1n) is 5.50. The van der Waals surface area contributed by atoms with Crippen LogP contribution in [0.4, 0.5) is 0 Å². The second-order valence-electron chi connectivity index (χ2n) is 4.25. The van der Waals surface area contributed by atoms with Gasteiger partial charge >= 0.3 is 5.97 Å². The third kappa shape index (κ3) is 4.17. The molecule has 17 heavy (non-hydrogen) atoms. The number of ether oxygens (including phenoxy) is 1. The molecule has 4 nitrogen and oxygen atoms in total. The highest BCUT2D eigenvalue weighted by atomic mass is 16.5. The van der Waals surface area contributed by atoms with Crippen molar-refractivity contribution in [1.29, 1.82) is 0 Å². The van der Waals surface area contributed by atoms with Crippen LogP contribution >= 0.6 is 0 Å². The van der Waals surface area contributed by atoms with Gasteiger partial charge in [0, 0.05) is 13.2 Å². The van der Waals surface area contributed by atoms with Gasteiger partial charge in [0.05, 0.1) is 13.0 Å². The van der Waals surface area contributed by atoms with E-state index in [4.69, 9.17) is 9.84 Å². The maximum atomic E-state index is 10.8. The van der Waals surface area contributed by atoms with Gasteiger partial charge in [-0.2, -0.15) is 0 Å². The SMILES string of the molecule is COCc1ccc(C(CC(=O)O)N(C)C)cc1. The van der Waals surface area contributed by atoms with E-state index in [0.29, 0.717) is 6.61 Å². The van der Waals surface area contributed by atoms with E-state index < -0.39 is 5.97 Å². The topological polar surface area (TPSA) is 49.8 Å². The summed E-state index contributed by atoms with van der Waals surface area (Å²) in [6, 6.07) is 7.77. The van der Waals surface area contributed by atoms with Crippen LogP contribution in [0, 0.1) is 0 Å². The molecule has 0 bridgehead atoms. The fourth-order valence-corrected chi connectivity index (χ4v) is 1.77. The third-order valence-corrected chi connectivity index (χ3v) is 2.67. The first-order chi connectivity index (χ1) is 8.04. The Kier molecular flexibility index (Phi) is 5.12. The summed E-state index contributed by atoms with van der Waals surface area (Å²) in [6.45, 7) is 0.575. The van der Waals surface area contributed by atoms with Gasteiger partial charge < -0.3 is 14.7 Å². The predicted molar refractivity (Wildman–Crippen MR) is 65.8 cm³/mol. The number of hydrogen-bond acceptors (Lipinski definition) is 3. The normalized spacial score (nSPS) is 12.7. The number of aliphatic carboxylic acids is 1. The van der Waals surface area contributed by atoms with Crippen LogP contribution in [0.15, 0.2) is 24.3 Å². The minimum absolute atomic E-state index is 0.0934. The summed E-state index contributed by atoms with van der Waals surface area (Å²) in [5.41, 5.74) is 2.10. The summed E-state index contributed by atoms with van der Waals surface area (Å²) in [5.74, 6) is -0.787. The van der Waals surface area contributed by atoms with Crippen LogP contribution in [-0.2, 0) is 16.1 Å². The minimum Gasteiger partial charge on any atom is -0.481 e. The predicted octanol–water partition coefficient (Wildman–Crippen LogP) is 1.91. The molecule has 0 radical (unpaired) electrons. The van der Waals surface area contributed by atoms with Crippen molar-refractivity contribution in [3.63, 3.8) is 0 Å². The van der Waals surface area contributed by atoms with Crippen molar-refractivity contribution in [2.24, 2.45) is 0 Å². The number of nitrogens with zero attached hydrogens (tertiary/aromatic N) is 1. The van der Waals surface area contributed by atoms with E-state index in [-0.39, 0.29) is 12.5 Å². The van der Waals surface area contributed by atoms with Crippen molar-refractivity contribution in [3.8, 4) is 0 Å². The van der Waals surface area contributed by atoms with Crippen molar-refractivity contribution in [3.05, 3.63) is 35.4 Å². The molecule has 0 saturated heterocycles. The summed E-state index contributed by atoms with van der Waals surface area (Å²) in [7, 11) is 5.42. The highest BCUT2D eigenvalue weighted by Gasteiger charge is 2.17. The summed E-state index contributed by atoms with van der Waals surface area (Å²) in [5, 5.41) is 8.89. The average molecular weight is 237 g/mol. The number of methoxy groups -OCH3 is 1. The number of benzene rings is 1. The Balaban J connectivity index is 2.83. The van der Waals surface area contributed by atoms with Crippen LogP contribution in [0.25, 0.3) is 0 Å². The standard InChI is InChI=1S/C13H19NO3/c1-14(2)12(8-13(15)16)11-6-4-10(5-7-11)9-17-3/h4-7,12H,8-9H2,1-3H3,(H,15,16). The molecule has 1 atom stereocenters. The maximum Gasteiger partial charge on any atom is 0.305 e. The van der Waals surface area contributed by atoms with Gasteiger partial charge in [0.15, 0.2) is 0 Å². The van der Waals surface area contributed by atoms with E-state index in [1.807, 2.05) is 43.3 Å². The Morgan fingerprint density at radius 3 is 2.35 bits per heavy atom. The molecule has 4 heteroatoms. The number of hydrogen-bond donors (Lipinski definition) is 1. The number of carboxylic acids is 1. The smallest absolute Gasteiger partial charge is 0.305 e. The fourth-order valence-electron chi connectivity index (χ4n) is 1.77. The molecule has 0 aromatic heterocycles. The van der Waals surface area contributed by atoms with Crippen LogP contribution in [0.3, 0.4) is 0 Å². The third-order valence-electron chi connectivity index (χ3n) is 2.67. The Hall–Kier alpha value is -1.39. The van der Waals surface area contributed by atoms with Crippen LogP contribution in [0.1, 0.15) is 23.6 Å². The molecule has 1 aromatic rings. The van der Waals surface area contributed by atoms with Gasteiger partial charge in [0.1, 0.15) is 0 Å². The second-order valence-corrected chi connectivity index (χ2v) is 4.25. The molecule has 0 heterocycles. The van der Waals surface area contributed by atoms with E-state index in [1.54, 1.807) is 7.11 Å². The molecule has 1 N–H and O–H groups in total. The monoisotopic (exact) mass is 237 g/mol. The Labute approximate surface area is 102 Å². The molecule has 94 valence electrons. The van der Waals surface area contributed by atoms with Crippen LogP contribution in [-0.4, -0.2) is 37.2 Å². The lowest BCUT2D eigenvalue weighted by Gasteiger charge is -2.23. The summed E-state index contributed by atoms with van der Waals surface area (Å²) < 4.78 is 5.04. The van der Waals surface area contributed by atoms with Gasteiger partial charge in [0.25, 0.3) is 0 Å². The molecule has 0 fully saturated rings. The molecular formula is C13H19NO3. The fraction of sp³-hybridized carbons (Fsp3) is 0.462. The molecule has 1 aromatic carbocycles. The number of carbonyl (C=O) groups is 1. The molecule has 0 spiro atoms. The number of rotatable bonds is 6. The second kappa shape index (κ2) is 6.37. The summed E-state index contributed by atoms with van der Waals surface area (Å²) in [6.07, 6.45) is 0.108.